The maximum atomic E-state index is 13.2. The van der Waals surface area contributed by atoms with Crippen LogP contribution in [0.15, 0.2) is 73.3 Å². The van der Waals surface area contributed by atoms with E-state index >= 15 is 0 Å². The average Bonchev–Trinajstić information content (AvgIpc) is 3.21. The van der Waals surface area contributed by atoms with Crippen LogP contribution in [0.5, 0.6) is 0 Å². The summed E-state index contributed by atoms with van der Waals surface area (Å²) in [6, 6.07) is 17.6. The number of aromatic nitrogens is 2. The smallest absolute Gasteiger partial charge is 0.123 e. The minimum Gasteiger partial charge on any atom is -0.336 e. The van der Waals surface area contributed by atoms with E-state index in [0.29, 0.717) is 0 Å². The molecule has 28 heavy (non-hydrogen) atoms. The molecule has 2 aromatic carbocycles. The van der Waals surface area contributed by atoms with E-state index in [2.05, 4.69) is 58.6 Å². The molecule has 4 heteroatoms. The number of benzene rings is 2. The van der Waals surface area contributed by atoms with E-state index in [9.17, 15) is 4.39 Å². The average molecular weight is 397 g/mol. The van der Waals surface area contributed by atoms with E-state index in [-0.39, 0.29) is 10.6 Å². The zero-order chi connectivity index (χ0) is 19.7. The second kappa shape index (κ2) is 10.5. The van der Waals surface area contributed by atoms with Crippen molar-refractivity contribution in [1.29, 1.82) is 0 Å². The SMILES string of the molecule is CC(CCc1ccc(F)cc1)(Cn1ccnc1)SCCCCc1ccccc1. The van der Waals surface area contributed by atoms with Crippen LogP contribution in [0.25, 0.3) is 0 Å². The van der Waals surface area contributed by atoms with Gasteiger partial charge < -0.3 is 4.57 Å². The maximum Gasteiger partial charge on any atom is 0.123 e. The maximum absolute atomic E-state index is 13.2. The molecule has 0 aliphatic rings. The van der Waals surface area contributed by atoms with Crippen molar-refractivity contribution in [3.63, 3.8) is 0 Å². The van der Waals surface area contributed by atoms with E-state index in [4.69, 9.17) is 0 Å². The highest BCUT2D eigenvalue weighted by molar-refractivity contribution is 8.00. The molecule has 0 spiro atoms. The molecular formula is C24H29FN2S. The second-order valence-corrected chi connectivity index (χ2v) is 9.29. The molecule has 0 bridgehead atoms. The van der Waals surface area contributed by atoms with Crippen molar-refractivity contribution < 1.29 is 4.39 Å². The molecule has 1 heterocycles. The van der Waals surface area contributed by atoms with Gasteiger partial charge in [0.05, 0.1) is 6.33 Å². The highest BCUT2D eigenvalue weighted by Crippen LogP contribution is 2.33. The predicted octanol–water partition coefficient (Wildman–Crippen LogP) is 6.17. The molecular weight excluding hydrogens is 367 g/mol. The molecule has 1 atom stereocenters. The summed E-state index contributed by atoms with van der Waals surface area (Å²) in [4.78, 5) is 4.19. The zero-order valence-corrected chi connectivity index (χ0v) is 17.4. The van der Waals surface area contributed by atoms with E-state index in [1.807, 2.05) is 30.9 Å². The van der Waals surface area contributed by atoms with Crippen molar-refractivity contribution in [2.75, 3.05) is 5.75 Å². The third-order valence-electron chi connectivity index (χ3n) is 5.09. The largest absolute Gasteiger partial charge is 0.336 e. The number of halogens is 1. The first-order valence-corrected chi connectivity index (χ1v) is 11.0. The van der Waals surface area contributed by atoms with Gasteiger partial charge in [-0.25, -0.2) is 9.37 Å². The lowest BCUT2D eigenvalue weighted by Gasteiger charge is -2.30. The summed E-state index contributed by atoms with van der Waals surface area (Å²) in [7, 11) is 0. The minimum absolute atomic E-state index is 0.127. The summed E-state index contributed by atoms with van der Waals surface area (Å²) < 4.78 is 15.5. The molecule has 148 valence electrons. The Balaban J connectivity index is 1.51. The fourth-order valence-electron chi connectivity index (χ4n) is 3.42. The van der Waals surface area contributed by atoms with Gasteiger partial charge >= 0.3 is 0 Å². The van der Waals surface area contributed by atoms with Crippen molar-refractivity contribution in [2.45, 2.75) is 50.3 Å². The van der Waals surface area contributed by atoms with Gasteiger partial charge in [-0.1, -0.05) is 42.5 Å². The van der Waals surface area contributed by atoms with Gasteiger partial charge in [0.1, 0.15) is 5.82 Å². The van der Waals surface area contributed by atoms with Gasteiger partial charge in [0.2, 0.25) is 0 Å². The summed E-state index contributed by atoms with van der Waals surface area (Å²) in [6.45, 7) is 3.29. The van der Waals surface area contributed by atoms with Gasteiger partial charge in [0.15, 0.2) is 0 Å². The number of aryl methyl sites for hydroxylation is 2. The van der Waals surface area contributed by atoms with Crippen LogP contribution in [0.4, 0.5) is 4.39 Å². The predicted molar refractivity (Wildman–Crippen MR) is 117 cm³/mol. The number of hydrogen-bond acceptors (Lipinski definition) is 2. The lowest BCUT2D eigenvalue weighted by atomic mass is 10.00. The molecule has 3 rings (SSSR count). The summed E-state index contributed by atoms with van der Waals surface area (Å²) in [6.07, 6.45) is 11.4. The normalized spacial score (nSPS) is 13.4. The molecule has 0 fully saturated rings. The Bertz CT molecular complexity index is 802. The van der Waals surface area contributed by atoms with Gasteiger partial charge in [-0.15, -0.1) is 0 Å². The van der Waals surface area contributed by atoms with Crippen LogP contribution in [-0.2, 0) is 19.4 Å². The molecule has 0 saturated carbocycles. The Morgan fingerprint density at radius 2 is 1.71 bits per heavy atom. The van der Waals surface area contributed by atoms with Crippen LogP contribution >= 0.6 is 11.8 Å². The van der Waals surface area contributed by atoms with Gasteiger partial charge in [-0.3, -0.25) is 0 Å². The number of hydrogen-bond donors (Lipinski definition) is 0. The molecule has 1 unspecified atom stereocenters. The Hall–Kier alpha value is -2.07. The van der Waals surface area contributed by atoms with Gasteiger partial charge in [-0.05, 0) is 68.0 Å². The Labute approximate surface area is 172 Å². The fraction of sp³-hybridized carbons (Fsp3) is 0.375. The highest BCUT2D eigenvalue weighted by atomic mass is 32.2. The highest BCUT2D eigenvalue weighted by Gasteiger charge is 2.25. The third kappa shape index (κ3) is 6.83. The van der Waals surface area contributed by atoms with Crippen LogP contribution in [0.1, 0.15) is 37.3 Å². The third-order valence-corrected chi connectivity index (χ3v) is 6.61. The Kier molecular flexibility index (Phi) is 7.72. The van der Waals surface area contributed by atoms with E-state index in [1.165, 1.54) is 24.0 Å². The summed E-state index contributed by atoms with van der Waals surface area (Å²) >= 11 is 2.06. The summed E-state index contributed by atoms with van der Waals surface area (Å²) in [5.41, 5.74) is 2.62. The van der Waals surface area contributed by atoms with Gasteiger partial charge in [-0.2, -0.15) is 11.8 Å². The Morgan fingerprint density at radius 3 is 2.43 bits per heavy atom. The molecule has 0 saturated heterocycles. The van der Waals surface area contributed by atoms with Crippen LogP contribution < -0.4 is 0 Å². The molecule has 0 amide bonds. The molecule has 3 aromatic rings. The van der Waals surface area contributed by atoms with Crippen molar-refractivity contribution in [2.24, 2.45) is 0 Å². The van der Waals surface area contributed by atoms with Crippen molar-refractivity contribution in [3.8, 4) is 0 Å². The molecule has 0 N–H and O–H groups in total. The standard InChI is InChI=1S/C24H29FN2S/c1-24(19-27-17-16-26-20-27,15-14-22-10-12-23(25)13-11-22)28-18-6-5-9-21-7-3-2-4-8-21/h2-4,7-8,10-13,16-17,20H,5-6,9,14-15,18-19H2,1H3. The lowest BCUT2D eigenvalue weighted by Crippen LogP contribution is -2.28. The van der Waals surface area contributed by atoms with Crippen molar-refractivity contribution in [1.82, 2.24) is 9.55 Å². The number of thioether (sulfide) groups is 1. The zero-order valence-electron chi connectivity index (χ0n) is 16.6. The molecule has 0 aliphatic carbocycles. The van der Waals surface area contributed by atoms with Gasteiger partial charge in [0, 0.05) is 23.7 Å². The van der Waals surface area contributed by atoms with Crippen molar-refractivity contribution >= 4 is 11.8 Å². The Morgan fingerprint density at radius 1 is 0.964 bits per heavy atom. The second-order valence-electron chi connectivity index (χ2n) is 7.60. The molecule has 1 aromatic heterocycles. The molecule has 2 nitrogen and oxygen atoms in total. The summed E-state index contributed by atoms with van der Waals surface area (Å²) in [5.74, 6) is 0.985. The lowest BCUT2D eigenvalue weighted by molar-refractivity contribution is 0.494. The first-order valence-electron chi connectivity index (χ1n) is 10.0. The van der Waals surface area contributed by atoms with Crippen molar-refractivity contribution in [3.05, 3.63) is 90.3 Å². The molecule has 0 radical (unpaired) electrons. The van der Waals surface area contributed by atoms with Gasteiger partial charge in [0.25, 0.3) is 0 Å². The number of unbranched alkanes of at least 4 members (excludes halogenated alkanes) is 1. The van der Waals surface area contributed by atoms with Crippen LogP contribution in [0.3, 0.4) is 0 Å². The monoisotopic (exact) mass is 396 g/mol. The van der Waals surface area contributed by atoms with Crippen LogP contribution in [0, 0.1) is 5.82 Å². The fourth-order valence-corrected chi connectivity index (χ4v) is 4.75. The van der Waals surface area contributed by atoms with E-state index < -0.39 is 0 Å². The quantitative estimate of drug-likeness (QED) is 0.361. The van der Waals surface area contributed by atoms with E-state index in [0.717, 1.165) is 31.6 Å². The van der Waals surface area contributed by atoms with Crippen LogP contribution in [0.2, 0.25) is 0 Å². The minimum atomic E-state index is -0.169. The first kappa shape index (κ1) is 20.7. The number of rotatable bonds is 11. The summed E-state index contributed by atoms with van der Waals surface area (Å²) in [5, 5.41) is 0. The topological polar surface area (TPSA) is 17.8 Å². The number of imidazole rings is 1. The first-order chi connectivity index (χ1) is 13.6. The number of nitrogens with zero attached hydrogens (tertiary/aromatic N) is 2. The van der Waals surface area contributed by atoms with E-state index in [1.54, 1.807) is 12.1 Å². The molecule has 0 aliphatic heterocycles. The van der Waals surface area contributed by atoms with Crippen LogP contribution in [-0.4, -0.2) is 20.1 Å².